The third-order valence-electron chi connectivity index (χ3n) is 4.15. The summed E-state index contributed by atoms with van der Waals surface area (Å²) in [5.74, 6) is 1.42. The van der Waals surface area contributed by atoms with Gasteiger partial charge in [0.25, 0.3) is 5.91 Å². The third-order valence-corrected chi connectivity index (χ3v) is 4.15. The van der Waals surface area contributed by atoms with Crippen LogP contribution in [0, 0.1) is 13.8 Å². The molecule has 0 aliphatic rings. The largest absolute Gasteiger partial charge is 0.494 e. The third kappa shape index (κ3) is 5.80. The van der Waals surface area contributed by atoms with Crippen LogP contribution in [0.4, 0.5) is 5.69 Å². The van der Waals surface area contributed by atoms with Gasteiger partial charge >= 0.3 is 0 Å². The van der Waals surface area contributed by atoms with Gasteiger partial charge < -0.3 is 14.8 Å². The van der Waals surface area contributed by atoms with E-state index in [0.717, 1.165) is 35.6 Å². The fraction of sp³-hybridized carbons (Fsp3) is 0.409. The van der Waals surface area contributed by atoms with Gasteiger partial charge in [0.1, 0.15) is 11.5 Å². The van der Waals surface area contributed by atoms with Crippen LogP contribution in [0.25, 0.3) is 0 Å². The van der Waals surface area contributed by atoms with Crippen LogP contribution in [0.5, 0.6) is 11.5 Å². The smallest absolute Gasteiger partial charge is 0.265 e. The first-order chi connectivity index (χ1) is 12.5. The van der Waals surface area contributed by atoms with E-state index in [2.05, 4.69) is 18.3 Å². The summed E-state index contributed by atoms with van der Waals surface area (Å²) in [5.41, 5.74) is 2.94. The summed E-state index contributed by atoms with van der Waals surface area (Å²) in [6.45, 7) is 8.81. The number of ether oxygens (including phenoxy) is 2. The molecule has 2 rings (SSSR count). The van der Waals surface area contributed by atoms with Crippen molar-refractivity contribution in [2.45, 2.75) is 53.1 Å². The van der Waals surface area contributed by atoms with Gasteiger partial charge in [-0.15, -0.1) is 0 Å². The Kier molecular flexibility index (Phi) is 7.52. The molecule has 4 nitrogen and oxygen atoms in total. The summed E-state index contributed by atoms with van der Waals surface area (Å²) < 4.78 is 11.6. The second kappa shape index (κ2) is 9.85. The van der Waals surface area contributed by atoms with Crippen LogP contribution < -0.4 is 14.8 Å². The first-order valence-electron chi connectivity index (χ1n) is 9.31. The van der Waals surface area contributed by atoms with Crippen molar-refractivity contribution in [3.8, 4) is 11.5 Å². The van der Waals surface area contributed by atoms with E-state index in [1.54, 1.807) is 0 Å². The average molecular weight is 355 g/mol. The summed E-state index contributed by atoms with van der Waals surface area (Å²) in [6.07, 6.45) is 2.20. The molecule has 0 radical (unpaired) electrons. The van der Waals surface area contributed by atoms with E-state index in [-0.39, 0.29) is 5.91 Å². The van der Waals surface area contributed by atoms with Crippen molar-refractivity contribution in [3.63, 3.8) is 0 Å². The second-order valence-electron chi connectivity index (χ2n) is 6.50. The fourth-order valence-corrected chi connectivity index (χ4v) is 2.60. The van der Waals surface area contributed by atoms with Crippen molar-refractivity contribution in [3.05, 3.63) is 53.6 Å². The molecule has 1 unspecified atom stereocenters. The highest BCUT2D eigenvalue weighted by atomic mass is 16.5. The monoisotopic (exact) mass is 355 g/mol. The molecule has 2 aromatic rings. The number of unbranched alkanes of at least 4 members (excludes halogenated alkanes) is 1. The van der Waals surface area contributed by atoms with Gasteiger partial charge in [-0.3, -0.25) is 4.79 Å². The molecule has 26 heavy (non-hydrogen) atoms. The highest BCUT2D eigenvalue weighted by molar-refractivity contribution is 5.94. The van der Waals surface area contributed by atoms with Gasteiger partial charge in [0.15, 0.2) is 6.10 Å². The first-order valence-corrected chi connectivity index (χ1v) is 9.31. The van der Waals surface area contributed by atoms with Crippen LogP contribution in [0.1, 0.15) is 44.2 Å². The molecule has 0 heterocycles. The molecule has 0 aromatic heterocycles. The number of aryl methyl sites for hydroxylation is 2. The second-order valence-corrected chi connectivity index (χ2v) is 6.50. The van der Waals surface area contributed by atoms with Gasteiger partial charge in [0, 0.05) is 5.69 Å². The number of amides is 1. The van der Waals surface area contributed by atoms with Crippen molar-refractivity contribution < 1.29 is 14.3 Å². The van der Waals surface area contributed by atoms with E-state index >= 15 is 0 Å². The number of carbonyl (C=O) groups is 1. The fourth-order valence-electron chi connectivity index (χ4n) is 2.60. The minimum atomic E-state index is -0.531. The molecule has 2 aromatic carbocycles. The van der Waals surface area contributed by atoms with Gasteiger partial charge in [0.2, 0.25) is 0 Å². The molecule has 0 aliphatic carbocycles. The molecule has 1 atom stereocenters. The number of rotatable bonds is 9. The maximum Gasteiger partial charge on any atom is 0.265 e. The van der Waals surface area contributed by atoms with Crippen molar-refractivity contribution >= 4 is 11.6 Å². The van der Waals surface area contributed by atoms with Gasteiger partial charge in [-0.2, -0.15) is 0 Å². The quantitative estimate of drug-likeness (QED) is 0.623. The first kappa shape index (κ1) is 19.8. The molecule has 140 valence electrons. The Morgan fingerprint density at radius 2 is 1.81 bits per heavy atom. The zero-order valence-corrected chi connectivity index (χ0v) is 16.2. The van der Waals surface area contributed by atoms with Gasteiger partial charge in [-0.25, -0.2) is 0 Å². The summed E-state index contributed by atoms with van der Waals surface area (Å²) in [7, 11) is 0. The SMILES string of the molecule is CCCCOc1ccc(NC(=O)C(CC)Oc2ccc(C)cc2C)cc1. The number of benzene rings is 2. The Hall–Kier alpha value is -2.49. The van der Waals surface area contributed by atoms with Crippen molar-refractivity contribution in [2.24, 2.45) is 0 Å². The van der Waals surface area contributed by atoms with E-state index in [1.807, 2.05) is 57.2 Å². The molecule has 1 amide bonds. The Morgan fingerprint density at radius 3 is 2.42 bits per heavy atom. The summed E-state index contributed by atoms with van der Waals surface area (Å²) >= 11 is 0. The number of hydrogen-bond donors (Lipinski definition) is 1. The maximum absolute atomic E-state index is 12.6. The lowest BCUT2D eigenvalue weighted by molar-refractivity contribution is -0.122. The molecular formula is C22H29NO3. The van der Waals surface area contributed by atoms with Crippen LogP contribution in [-0.4, -0.2) is 18.6 Å². The molecule has 4 heteroatoms. The number of nitrogens with one attached hydrogen (secondary N) is 1. The van der Waals surface area contributed by atoms with Gasteiger partial charge in [-0.05, 0) is 62.6 Å². The molecule has 0 spiro atoms. The maximum atomic E-state index is 12.6. The van der Waals surface area contributed by atoms with Crippen molar-refractivity contribution in [1.29, 1.82) is 0 Å². The van der Waals surface area contributed by atoms with Crippen molar-refractivity contribution in [1.82, 2.24) is 0 Å². The summed E-state index contributed by atoms with van der Waals surface area (Å²) in [6, 6.07) is 13.4. The van der Waals surface area contributed by atoms with Crippen molar-refractivity contribution in [2.75, 3.05) is 11.9 Å². The van der Waals surface area contributed by atoms with Crippen LogP contribution in [0.3, 0.4) is 0 Å². The Morgan fingerprint density at radius 1 is 1.08 bits per heavy atom. The standard InChI is InChI=1S/C22H29NO3/c1-5-7-14-25-19-11-9-18(10-12-19)23-22(24)20(6-2)26-21-13-8-16(3)15-17(21)4/h8-13,15,20H,5-7,14H2,1-4H3,(H,23,24). The van der Waals surface area contributed by atoms with E-state index in [4.69, 9.17) is 9.47 Å². The molecular weight excluding hydrogens is 326 g/mol. The highest BCUT2D eigenvalue weighted by Gasteiger charge is 2.19. The lowest BCUT2D eigenvalue weighted by Gasteiger charge is -2.19. The van der Waals surface area contributed by atoms with Gasteiger partial charge in [0.05, 0.1) is 6.61 Å². The van der Waals surface area contributed by atoms with E-state index < -0.39 is 6.10 Å². The minimum absolute atomic E-state index is 0.146. The molecule has 0 bridgehead atoms. The number of hydrogen-bond acceptors (Lipinski definition) is 3. The molecule has 0 aliphatic heterocycles. The highest BCUT2D eigenvalue weighted by Crippen LogP contribution is 2.22. The predicted octanol–water partition coefficient (Wildman–Crippen LogP) is 5.28. The van der Waals surface area contributed by atoms with Crippen LogP contribution in [0.2, 0.25) is 0 Å². The Bertz CT molecular complexity index is 710. The zero-order valence-electron chi connectivity index (χ0n) is 16.2. The summed E-state index contributed by atoms with van der Waals surface area (Å²) in [4.78, 5) is 12.6. The lowest BCUT2D eigenvalue weighted by atomic mass is 10.1. The van der Waals surface area contributed by atoms with Crippen LogP contribution in [-0.2, 0) is 4.79 Å². The average Bonchev–Trinajstić information content (AvgIpc) is 2.62. The zero-order chi connectivity index (χ0) is 18.9. The normalized spacial score (nSPS) is 11.7. The Balaban J connectivity index is 1.95. The molecule has 0 saturated heterocycles. The molecule has 1 N–H and O–H groups in total. The molecule has 0 saturated carbocycles. The lowest BCUT2D eigenvalue weighted by Crippen LogP contribution is -2.32. The van der Waals surface area contributed by atoms with E-state index in [1.165, 1.54) is 5.56 Å². The predicted molar refractivity (Wildman–Crippen MR) is 106 cm³/mol. The van der Waals surface area contributed by atoms with Crippen LogP contribution >= 0.6 is 0 Å². The number of carbonyl (C=O) groups excluding carboxylic acids is 1. The van der Waals surface area contributed by atoms with Crippen LogP contribution in [0.15, 0.2) is 42.5 Å². The summed E-state index contributed by atoms with van der Waals surface area (Å²) in [5, 5.41) is 2.92. The number of anilines is 1. The van der Waals surface area contributed by atoms with E-state index in [9.17, 15) is 4.79 Å². The molecule has 0 fully saturated rings. The minimum Gasteiger partial charge on any atom is -0.494 e. The van der Waals surface area contributed by atoms with E-state index in [0.29, 0.717) is 13.0 Å². The Labute approximate surface area is 156 Å². The topological polar surface area (TPSA) is 47.6 Å². The van der Waals surface area contributed by atoms with Gasteiger partial charge in [-0.1, -0.05) is 38.0 Å².